The molecule has 0 saturated heterocycles. The number of methoxy groups -OCH3 is 1. The molecule has 6 aromatic rings. The van der Waals surface area contributed by atoms with E-state index >= 15 is 0 Å². The summed E-state index contributed by atoms with van der Waals surface area (Å²) in [5.74, 6) is -0.610. The van der Waals surface area contributed by atoms with Crippen molar-refractivity contribution in [1.82, 2.24) is 24.1 Å². The molecular formula is C38H43N9O8S2. The molecule has 300 valence electrons. The Balaban J connectivity index is 1.44. The van der Waals surface area contributed by atoms with Crippen LogP contribution in [0.3, 0.4) is 0 Å². The van der Waals surface area contributed by atoms with Gasteiger partial charge >= 0.3 is 5.91 Å². The molecule has 1 unspecified atom stereocenters. The van der Waals surface area contributed by atoms with E-state index in [1.807, 2.05) is 32.9 Å². The standard InChI is InChI=1S/C38H43N9O8S2/c1-6-23-31(55-19(3)41-23)35(51)45-38-47(30-26(53-5)16-22(34(40)50)18-28(30)57-38)12-9-8-11-46-29-25(15-21(33(39)49)17-27(29)54-14-10-13-48)43-37(46)44-36(52)32-24(7-2)42-20(4)56-32/h8-9,15-18,36,48,52H,6-7,10-14H2,1-5H3,(H2,39,49)(H2,40,50)(H,43,44)/b9-8+,45-38?. The summed E-state index contributed by atoms with van der Waals surface area (Å²) in [5.41, 5.74) is 14.4. The average molecular weight is 818 g/mol. The van der Waals surface area contributed by atoms with Crippen molar-refractivity contribution >= 4 is 67.6 Å². The zero-order valence-corrected chi connectivity index (χ0v) is 33.6. The predicted molar refractivity (Wildman–Crippen MR) is 215 cm³/mol. The van der Waals surface area contributed by atoms with E-state index in [4.69, 9.17) is 30.3 Å². The molecular weight excluding hydrogens is 775 g/mol. The third kappa shape index (κ3) is 8.60. The number of benzene rings is 2. The monoisotopic (exact) mass is 817 g/mol. The number of rotatable bonds is 17. The molecule has 17 nitrogen and oxygen atoms in total. The summed E-state index contributed by atoms with van der Waals surface area (Å²) < 4.78 is 21.5. The number of allylic oxidation sites excluding steroid dienone is 2. The first-order valence-corrected chi connectivity index (χ1v) is 19.7. The zero-order valence-electron chi connectivity index (χ0n) is 32.0. The third-order valence-corrected chi connectivity index (χ3v) is 10.9. The van der Waals surface area contributed by atoms with Gasteiger partial charge in [0.1, 0.15) is 22.5 Å². The van der Waals surface area contributed by atoms with Crippen LogP contribution in [0.2, 0.25) is 0 Å². The predicted octanol–water partition coefficient (Wildman–Crippen LogP) is 4.31. The van der Waals surface area contributed by atoms with Gasteiger partial charge in [0.25, 0.3) is 0 Å². The van der Waals surface area contributed by atoms with Gasteiger partial charge in [-0.2, -0.15) is 4.99 Å². The molecule has 0 saturated carbocycles. The van der Waals surface area contributed by atoms with Gasteiger partial charge in [0.05, 0.1) is 45.2 Å². The number of nitrogens with one attached hydrogen (secondary N) is 1. The van der Waals surface area contributed by atoms with Crippen LogP contribution in [0, 0.1) is 13.8 Å². The Bertz CT molecular complexity index is 2580. The van der Waals surface area contributed by atoms with Crippen molar-refractivity contribution in [3.05, 3.63) is 85.3 Å². The number of carbonyl (C=O) groups excluding carboxylic acids is 3. The van der Waals surface area contributed by atoms with E-state index in [1.54, 1.807) is 28.2 Å². The van der Waals surface area contributed by atoms with Crippen LogP contribution >= 0.6 is 22.7 Å². The Morgan fingerprint density at radius 2 is 1.63 bits per heavy atom. The van der Waals surface area contributed by atoms with Gasteiger partial charge in [0.15, 0.2) is 16.9 Å². The van der Waals surface area contributed by atoms with Crippen LogP contribution in [-0.4, -0.2) is 72.3 Å². The molecule has 4 heterocycles. The van der Waals surface area contributed by atoms with Crippen LogP contribution in [0.15, 0.2) is 45.8 Å². The van der Waals surface area contributed by atoms with E-state index in [-0.39, 0.29) is 49.1 Å². The molecule has 57 heavy (non-hydrogen) atoms. The van der Waals surface area contributed by atoms with Crippen molar-refractivity contribution in [3.8, 4) is 11.5 Å². The quantitative estimate of drug-likeness (QED) is 0.0491. The summed E-state index contributed by atoms with van der Waals surface area (Å²) in [7, 11) is 1.47. The van der Waals surface area contributed by atoms with Gasteiger partial charge in [-0.3, -0.25) is 14.4 Å². The number of nitrogens with two attached hydrogens (primary N) is 2. The first kappa shape index (κ1) is 40.8. The molecule has 19 heteroatoms. The zero-order chi connectivity index (χ0) is 41.0. The number of imidazole rings is 1. The van der Waals surface area contributed by atoms with Crippen molar-refractivity contribution < 1.29 is 38.5 Å². The van der Waals surface area contributed by atoms with Crippen LogP contribution in [0.5, 0.6) is 11.5 Å². The third-order valence-electron chi connectivity index (χ3n) is 8.85. The molecule has 0 fully saturated rings. The largest absolute Gasteiger partial charge is 0.494 e. The van der Waals surface area contributed by atoms with Crippen LogP contribution < -0.4 is 31.1 Å². The maximum absolute atomic E-state index is 13.5. The number of hydrogen-bond donors (Lipinski definition) is 5. The van der Waals surface area contributed by atoms with Crippen LogP contribution in [-0.2, 0) is 25.9 Å². The van der Waals surface area contributed by atoms with Crippen molar-refractivity contribution in [2.75, 3.05) is 25.6 Å². The van der Waals surface area contributed by atoms with E-state index in [0.29, 0.717) is 73.3 Å². The van der Waals surface area contributed by atoms with Crippen molar-refractivity contribution in [2.24, 2.45) is 16.5 Å². The summed E-state index contributed by atoms with van der Waals surface area (Å²) in [5, 5.41) is 24.8. The molecule has 6 rings (SSSR count). The Hall–Kier alpha value is -5.89. The molecule has 0 bridgehead atoms. The van der Waals surface area contributed by atoms with Crippen molar-refractivity contribution in [3.63, 3.8) is 0 Å². The number of aryl methyl sites for hydroxylation is 4. The maximum atomic E-state index is 13.5. The molecule has 0 aliphatic rings. The number of primary amides is 2. The molecule has 7 N–H and O–H groups in total. The average Bonchev–Trinajstić information content (AvgIpc) is 3.95. The highest BCUT2D eigenvalue weighted by Gasteiger charge is 2.23. The minimum atomic E-state index is -1.16. The van der Waals surface area contributed by atoms with Gasteiger partial charge in [0.2, 0.25) is 23.5 Å². The second kappa shape index (κ2) is 17.5. The first-order chi connectivity index (χ1) is 27.4. The molecule has 0 radical (unpaired) electrons. The number of aliphatic hydroxyl groups excluding tert-OH is 2. The summed E-state index contributed by atoms with van der Waals surface area (Å²) >= 11 is 2.55. The summed E-state index contributed by atoms with van der Waals surface area (Å²) in [6.45, 7) is 7.78. The second-order valence-corrected chi connectivity index (χ2v) is 15.0. The van der Waals surface area contributed by atoms with Gasteiger partial charge in [0, 0.05) is 44.2 Å². The lowest BCUT2D eigenvalue weighted by atomic mass is 10.1. The molecule has 0 spiro atoms. The van der Waals surface area contributed by atoms with E-state index in [2.05, 4.69) is 20.3 Å². The highest BCUT2D eigenvalue weighted by atomic mass is 32.1. The van der Waals surface area contributed by atoms with Gasteiger partial charge < -0.3 is 50.0 Å². The fourth-order valence-electron chi connectivity index (χ4n) is 6.26. The van der Waals surface area contributed by atoms with E-state index < -0.39 is 23.9 Å². The highest BCUT2D eigenvalue weighted by Crippen LogP contribution is 2.34. The van der Waals surface area contributed by atoms with Crippen molar-refractivity contribution in [1.29, 1.82) is 0 Å². The minimum Gasteiger partial charge on any atom is -0.494 e. The Morgan fingerprint density at radius 3 is 2.30 bits per heavy atom. The SMILES string of the molecule is CCc1nc(C)oc1C(=O)N=c1sc2cc(C(N)=O)cc(OC)c2n1C/C=C/Cn1c(NC(O)c2sc(C)nc2CC)nc2cc(C(N)=O)cc(OCCCO)c21. The van der Waals surface area contributed by atoms with Gasteiger partial charge in [-0.25, -0.2) is 15.0 Å². The number of anilines is 1. The van der Waals surface area contributed by atoms with Crippen LogP contribution in [0.25, 0.3) is 21.3 Å². The van der Waals surface area contributed by atoms with Crippen molar-refractivity contribution in [2.45, 2.75) is 66.3 Å². The highest BCUT2D eigenvalue weighted by molar-refractivity contribution is 7.16. The number of aromatic nitrogens is 5. The second-order valence-electron chi connectivity index (χ2n) is 12.8. The summed E-state index contributed by atoms with van der Waals surface area (Å²) in [4.78, 5) is 57.0. The normalized spacial score (nSPS) is 12.6. The number of carbonyl (C=O) groups is 3. The Morgan fingerprint density at radius 1 is 0.947 bits per heavy atom. The molecule has 0 aliphatic carbocycles. The van der Waals surface area contributed by atoms with E-state index in [1.165, 1.54) is 41.9 Å². The first-order valence-electron chi connectivity index (χ1n) is 18.1. The molecule has 3 amide bonds. The lowest BCUT2D eigenvalue weighted by Gasteiger charge is -2.16. The number of amides is 3. The van der Waals surface area contributed by atoms with Gasteiger partial charge in [-0.1, -0.05) is 37.3 Å². The number of hydrogen-bond acceptors (Lipinski definition) is 14. The Kier molecular flexibility index (Phi) is 12.5. The molecule has 1 atom stereocenters. The topological polar surface area (TPSA) is 248 Å². The fraction of sp³-hybridized carbons (Fsp3) is 0.342. The fourth-order valence-corrected chi connectivity index (χ4v) is 8.30. The number of ether oxygens (including phenoxy) is 2. The van der Waals surface area contributed by atoms with Gasteiger partial charge in [-0.15, -0.1) is 11.3 Å². The summed E-state index contributed by atoms with van der Waals surface area (Å²) in [6.07, 6.45) is 3.97. The number of thiazole rings is 2. The maximum Gasteiger partial charge on any atom is 0.317 e. The summed E-state index contributed by atoms with van der Waals surface area (Å²) in [6, 6.07) is 6.23. The van der Waals surface area contributed by atoms with E-state index in [0.717, 1.165) is 10.7 Å². The number of oxazole rings is 1. The van der Waals surface area contributed by atoms with Crippen LogP contribution in [0.4, 0.5) is 5.95 Å². The van der Waals surface area contributed by atoms with E-state index in [9.17, 15) is 24.6 Å². The number of fused-ring (bicyclic) bond motifs is 2. The number of nitrogens with zero attached hydrogens (tertiary/aromatic N) is 6. The van der Waals surface area contributed by atoms with Gasteiger partial charge in [-0.05, 0) is 44.0 Å². The number of aliphatic hydroxyl groups is 2. The van der Waals surface area contributed by atoms with Crippen LogP contribution in [0.1, 0.15) is 84.9 Å². The minimum absolute atomic E-state index is 0.0459. The smallest absolute Gasteiger partial charge is 0.317 e. The lowest BCUT2D eigenvalue weighted by molar-refractivity contribution is 0.0966. The lowest BCUT2D eigenvalue weighted by Crippen LogP contribution is -2.17. The Labute approximate surface area is 334 Å². The molecule has 4 aromatic heterocycles. The molecule has 2 aromatic carbocycles. The molecule has 0 aliphatic heterocycles.